The van der Waals surface area contributed by atoms with Gasteiger partial charge in [-0.1, -0.05) is 204 Å². The van der Waals surface area contributed by atoms with E-state index in [4.69, 9.17) is 0 Å². The van der Waals surface area contributed by atoms with Crippen molar-refractivity contribution in [2.45, 2.75) is 82.1 Å². The topological polar surface area (TPSA) is 25.8 Å². The number of nitrogens with zero attached hydrogens (tertiary/aromatic N) is 2. The Labute approximate surface area is 311 Å². The lowest BCUT2D eigenvalue weighted by Crippen LogP contribution is -1.83. The molecular weight excluding hydrogens is 617 g/mol. The summed E-state index contributed by atoms with van der Waals surface area (Å²) in [5.41, 5.74) is 2.47. The molecule has 7 aromatic rings. The van der Waals surface area contributed by atoms with Crippen molar-refractivity contribution >= 4 is 32.4 Å². The van der Waals surface area contributed by atoms with Crippen LogP contribution >= 0.6 is 0 Å². The van der Waals surface area contributed by atoms with Crippen molar-refractivity contribution in [3.05, 3.63) is 170 Å². The maximum Gasteiger partial charge on any atom is 0.0701 e. The van der Waals surface area contributed by atoms with Crippen LogP contribution in [0.4, 0.5) is 0 Å². The molecule has 0 saturated carbocycles. The van der Waals surface area contributed by atoms with E-state index in [2.05, 4.69) is 183 Å². The third-order valence-electron chi connectivity index (χ3n) is 6.19. The molecule has 0 atom stereocenters. The van der Waals surface area contributed by atoms with E-state index >= 15 is 0 Å². The van der Waals surface area contributed by atoms with E-state index in [0.717, 1.165) is 23.3 Å². The molecular formula is C49H64N2. The van der Waals surface area contributed by atoms with Crippen LogP contribution in [0.2, 0.25) is 0 Å². The first kappa shape index (κ1) is 44.2. The summed E-state index contributed by atoms with van der Waals surface area (Å²) in [5, 5.41) is 6.27. The molecule has 0 unspecified atom stereocenters. The Morgan fingerprint density at radius 3 is 1.08 bits per heavy atom. The van der Waals surface area contributed by atoms with Crippen LogP contribution in [-0.2, 0) is 0 Å². The molecule has 0 radical (unpaired) electrons. The Morgan fingerprint density at radius 2 is 0.686 bits per heavy atom. The Morgan fingerprint density at radius 1 is 0.333 bits per heavy atom. The van der Waals surface area contributed by atoms with Gasteiger partial charge in [-0.05, 0) is 69.0 Å². The summed E-state index contributed by atoms with van der Waals surface area (Å²) in [5.74, 6) is 3.16. The molecule has 0 fully saturated rings. The van der Waals surface area contributed by atoms with E-state index < -0.39 is 0 Å². The highest BCUT2D eigenvalue weighted by Gasteiger charge is 1.93. The van der Waals surface area contributed by atoms with E-state index in [1.807, 2.05) is 67.1 Å². The molecule has 0 bridgehead atoms. The second-order valence-electron chi connectivity index (χ2n) is 14.5. The Hall–Kier alpha value is -4.82. The average Bonchev–Trinajstić information content (AvgIpc) is 3.12. The van der Waals surface area contributed by atoms with Crippen molar-refractivity contribution in [1.29, 1.82) is 0 Å². The second-order valence-corrected chi connectivity index (χ2v) is 14.5. The van der Waals surface area contributed by atoms with Gasteiger partial charge in [0, 0.05) is 24.0 Å². The first-order valence-electron chi connectivity index (χ1n) is 18.5. The summed E-state index contributed by atoms with van der Waals surface area (Å²) in [6.45, 7) is 23.9. The second kappa shape index (κ2) is 27.0. The van der Waals surface area contributed by atoms with Crippen LogP contribution in [0.3, 0.4) is 0 Å². The van der Waals surface area contributed by atoms with Gasteiger partial charge < -0.3 is 0 Å². The number of pyridine rings is 2. The van der Waals surface area contributed by atoms with Gasteiger partial charge in [0.25, 0.3) is 0 Å². The summed E-state index contributed by atoms with van der Waals surface area (Å²) in [7, 11) is 0. The fourth-order valence-corrected chi connectivity index (χ4v) is 4.01. The molecule has 0 aliphatic heterocycles. The van der Waals surface area contributed by atoms with Crippen LogP contribution in [0.25, 0.3) is 32.4 Å². The molecule has 2 heterocycles. The fraction of sp³-hybridized carbons (Fsp3) is 0.306. The minimum atomic E-state index is 0.659. The average molecular weight is 681 g/mol. The fourth-order valence-electron chi connectivity index (χ4n) is 4.01. The highest BCUT2D eigenvalue weighted by atomic mass is 14.6. The molecule has 0 spiro atoms. The number of fused-ring (bicyclic) bond motifs is 3. The predicted molar refractivity (Wildman–Crippen MR) is 230 cm³/mol. The summed E-state index contributed by atoms with van der Waals surface area (Å²) < 4.78 is 0. The van der Waals surface area contributed by atoms with E-state index in [-0.39, 0.29) is 0 Å². The zero-order valence-electron chi connectivity index (χ0n) is 33.3. The normalized spacial score (nSPS) is 9.78. The molecule has 0 aliphatic rings. The molecule has 2 nitrogen and oxygen atoms in total. The zero-order chi connectivity index (χ0) is 37.9. The lowest BCUT2D eigenvalue weighted by molar-refractivity contribution is 0.736. The molecule has 0 N–H and O–H groups in total. The van der Waals surface area contributed by atoms with Gasteiger partial charge in [0.2, 0.25) is 0 Å². The number of rotatable bonds is 1. The summed E-state index contributed by atoms with van der Waals surface area (Å²) >= 11 is 0. The van der Waals surface area contributed by atoms with Crippen molar-refractivity contribution in [2.24, 2.45) is 17.8 Å². The number of hydrogen-bond donors (Lipinski definition) is 0. The predicted octanol–water partition coefficient (Wildman–Crippen LogP) is 15.1. The number of para-hydroxylation sites is 1. The minimum absolute atomic E-state index is 0.659. The van der Waals surface area contributed by atoms with Crippen LogP contribution in [0.1, 0.15) is 87.6 Å². The quantitative estimate of drug-likeness (QED) is 0.172. The molecule has 0 aliphatic carbocycles. The van der Waals surface area contributed by atoms with Gasteiger partial charge in [-0.2, -0.15) is 0 Å². The molecule has 5 aromatic carbocycles. The van der Waals surface area contributed by atoms with E-state index in [0.29, 0.717) is 5.92 Å². The van der Waals surface area contributed by atoms with Gasteiger partial charge in [0.15, 0.2) is 0 Å². The molecule has 2 aromatic heterocycles. The molecule has 0 amide bonds. The molecule has 2 heteroatoms. The van der Waals surface area contributed by atoms with Crippen molar-refractivity contribution in [1.82, 2.24) is 9.97 Å². The molecule has 0 saturated heterocycles. The van der Waals surface area contributed by atoms with Gasteiger partial charge in [-0.3, -0.25) is 9.97 Å². The standard InChI is InChI=1S/C10H8.2C9H7N.C9H12.3C4H10/c1-2-6-10-8-4-3-7-9(10)5-1;1-2-6-9-8(4-1)5-3-7-10-9;1-2-4-9-7-10-6-5-8(9)3-1;1-8(2)9-6-4-3-5-7-9;3*1-4(2)3/h1-8H;2*1-7H;3-8H,1-2H3;3*4H,1-3H3. The SMILES string of the molecule is CC(C)C.CC(C)C.CC(C)C.CC(C)c1ccccc1.c1ccc2ccccc2c1.c1ccc2cnccc2c1.c1ccc2ncccc2c1. The van der Waals surface area contributed by atoms with Crippen LogP contribution in [0.5, 0.6) is 0 Å². The molecule has 51 heavy (non-hydrogen) atoms. The Bertz CT molecular complexity index is 1450. The number of hydrogen-bond acceptors (Lipinski definition) is 2. The first-order chi connectivity index (χ1) is 24.4. The van der Waals surface area contributed by atoms with Crippen LogP contribution in [0.15, 0.2) is 164 Å². The lowest BCUT2D eigenvalue weighted by Gasteiger charge is -2.01. The van der Waals surface area contributed by atoms with Crippen LogP contribution in [-0.4, -0.2) is 9.97 Å². The molecule has 270 valence electrons. The maximum atomic E-state index is 4.18. The van der Waals surface area contributed by atoms with Crippen LogP contribution < -0.4 is 0 Å². The van der Waals surface area contributed by atoms with Gasteiger partial charge in [0.1, 0.15) is 0 Å². The van der Waals surface area contributed by atoms with E-state index in [1.165, 1.54) is 32.5 Å². The maximum absolute atomic E-state index is 4.18. The number of aromatic nitrogens is 2. The van der Waals surface area contributed by atoms with Crippen molar-refractivity contribution in [3.8, 4) is 0 Å². The van der Waals surface area contributed by atoms with Crippen LogP contribution in [0, 0.1) is 17.8 Å². The third kappa shape index (κ3) is 22.5. The van der Waals surface area contributed by atoms with Gasteiger partial charge >= 0.3 is 0 Å². The molecule has 7 rings (SSSR count). The monoisotopic (exact) mass is 681 g/mol. The summed E-state index contributed by atoms with van der Waals surface area (Å²) in [6.07, 6.45) is 5.49. The van der Waals surface area contributed by atoms with Crippen molar-refractivity contribution < 1.29 is 0 Å². The third-order valence-corrected chi connectivity index (χ3v) is 6.19. The Kier molecular flexibility index (Phi) is 23.4. The first-order valence-corrected chi connectivity index (χ1v) is 18.5. The van der Waals surface area contributed by atoms with E-state index in [9.17, 15) is 0 Å². The summed E-state index contributed by atoms with van der Waals surface area (Å²) in [6, 6.07) is 49.5. The van der Waals surface area contributed by atoms with Gasteiger partial charge in [-0.25, -0.2) is 0 Å². The van der Waals surface area contributed by atoms with Crippen molar-refractivity contribution in [3.63, 3.8) is 0 Å². The minimum Gasteiger partial charge on any atom is -0.264 e. The highest BCUT2D eigenvalue weighted by molar-refractivity contribution is 5.82. The zero-order valence-corrected chi connectivity index (χ0v) is 33.3. The summed E-state index contributed by atoms with van der Waals surface area (Å²) in [4.78, 5) is 8.19. The lowest BCUT2D eigenvalue weighted by atomic mass is 10.0. The van der Waals surface area contributed by atoms with E-state index in [1.54, 1.807) is 0 Å². The Balaban J connectivity index is 0.000000309. The highest BCUT2D eigenvalue weighted by Crippen LogP contribution is 2.13. The van der Waals surface area contributed by atoms with Crippen molar-refractivity contribution in [2.75, 3.05) is 0 Å². The van der Waals surface area contributed by atoms with Gasteiger partial charge in [-0.15, -0.1) is 0 Å². The number of benzene rings is 5. The smallest absolute Gasteiger partial charge is 0.0701 e. The largest absolute Gasteiger partial charge is 0.264 e. The van der Waals surface area contributed by atoms with Gasteiger partial charge in [0.05, 0.1) is 5.52 Å².